The van der Waals surface area contributed by atoms with Crippen LogP contribution in [0.15, 0.2) is 176 Å². The van der Waals surface area contributed by atoms with E-state index in [1.54, 1.807) is 36.9 Å². The van der Waals surface area contributed by atoms with Crippen molar-refractivity contribution >= 4 is 21.8 Å². The Morgan fingerprint density at radius 1 is 0.373 bits per heavy atom. The quantitative estimate of drug-likeness (QED) is 0.157. The first-order valence-electron chi connectivity index (χ1n) is 18.9. The van der Waals surface area contributed by atoms with Crippen LogP contribution in [0.1, 0.15) is 11.1 Å². The molecule has 0 unspecified atom stereocenters. The molecule has 0 atom stereocenters. The smallest absolute Gasteiger partial charge is 0.160 e. The van der Waals surface area contributed by atoms with Gasteiger partial charge in [-0.15, -0.1) is 0 Å². The minimum Gasteiger partial charge on any atom is -0.309 e. The van der Waals surface area contributed by atoms with E-state index in [2.05, 4.69) is 75.2 Å². The Balaban J connectivity index is 1.19. The molecule has 0 radical (unpaired) electrons. The molecule has 9 heteroatoms. The van der Waals surface area contributed by atoms with E-state index in [1.807, 2.05) is 91.0 Å². The van der Waals surface area contributed by atoms with Crippen molar-refractivity contribution in [2.45, 2.75) is 0 Å². The van der Waals surface area contributed by atoms with E-state index in [0.717, 1.165) is 83.6 Å². The Morgan fingerprint density at radius 3 is 1.25 bits per heavy atom. The fourth-order valence-corrected chi connectivity index (χ4v) is 7.44. The van der Waals surface area contributed by atoms with Crippen molar-refractivity contribution in [1.29, 1.82) is 10.5 Å². The molecule has 0 amide bonds. The summed E-state index contributed by atoms with van der Waals surface area (Å²) in [4.78, 5) is 28.5. The Kier molecular flexibility index (Phi) is 8.71. The van der Waals surface area contributed by atoms with Gasteiger partial charge in [-0.25, -0.2) is 19.9 Å². The first kappa shape index (κ1) is 34.8. The van der Waals surface area contributed by atoms with Gasteiger partial charge >= 0.3 is 0 Å². The van der Waals surface area contributed by atoms with Crippen molar-refractivity contribution in [1.82, 2.24) is 34.5 Å². The molecule has 0 aliphatic carbocycles. The fourth-order valence-electron chi connectivity index (χ4n) is 7.44. The van der Waals surface area contributed by atoms with Crippen molar-refractivity contribution in [2.24, 2.45) is 0 Å². The van der Waals surface area contributed by atoms with Crippen molar-refractivity contribution in [3.63, 3.8) is 0 Å². The van der Waals surface area contributed by atoms with Gasteiger partial charge in [-0.05, 0) is 97.1 Å². The van der Waals surface area contributed by atoms with Gasteiger partial charge in [0, 0.05) is 74.6 Å². The van der Waals surface area contributed by atoms with Gasteiger partial charge in [0.1, 0.15) is 0 Å². The van der Waals surface area contributed by atoms with E-state index in [4.69, 9.17) is 19.9 Å². The predicted molar refractivity (Wildman–Crippen MR) is 230 cm³/mol. The van der Waals surface area contributed by atoms with Gasteiger partial charge in [0.2, 0.25) is 0 Å². The number of pyridine rings is 2. The molecule has 5 aromatic carbocycles. The molecular weight excluding hydrogens is 727 g/mol. The number of fused-ring (bicyclic) bond motifs is 3. The third-order valence-electron chi connectivity index (χ3n) is 10.3. The molecule has 0 fully saturated rings. The molecule has 10 aromatic rings. The van der Waals surface area contributed by atoms with Crippen molar-refractivity contribution in [3.8, 4) is 85.6 Å². The van der Waals surface area contributed by atoms with E-state index in [0.29, 0.717) is 22.8 Å². The van der Waals surface area contributed by atoms with Crippen LogP contribution in [0.5, 0.6) is 0 Å². The molecule has 0 spiro atoms. The number of hydrogen-bond donors (Lipinski definition) is 0. The molecule has 274 valence electrons. The summed E-state index contributed by atoms with van der Waals surface area (Å²) in [6.45, 7) is 0. The third-order valence-corrected chi connectivity index (χ3v) is 10.3. The Hall–Kier alpha value is -8.66. The largest absolute Gasteiger partial charge is 0.309 e. The molecule has 0 N–H and O–H groups in total. The molecule has 0 saturated heterocycles. The lowest BCUT2D eigenvalue weighted by molar-refractivity contribution is 1.17. The zero-order valence-electron chi connectivity index (χ0n) is 31.3. The van der Waals surface area contributed by atoms with Gasteiger partial charge in [-0.3, -0.25) is 9.97 Å². The molecule has 0 aliphatic rings. The molecule has 0 saturated carbocycles. The summed E-state index contributed by atoms with van der Waals surface area (Å²) in [7, 11) is 0. The molecule has 59 heavy (non-hydrogen) atoms. The lowest BCUT2D eigenvalue weighted by Gasteiger charge is -2.11. The molecule has 10 rings (SSSR count). The average Bonchev–Trinajstić information content (AvgIpc) is 3.65. The van der Waals surface area contributed by atoms with Crippen LogP contribution in [0.25, 0.3) is 95.3 Å². The van der Waals surface area contributed by atoms with Crippen LogP contribution in [0.2, 0.25) is 0 Å². The fraction of sp³-hybridized carbons (Fsp3) is 0. The minimum absolute atomic E-state index is 0.519. The number of hydrogen-bond acceptors (Lipinski definition) is 8. The first-order chi connectivity index (χ1) is 29.1. The summed E-state index contributed by atoms with van der Waals surface area (Å²) in [6.07, 6.45) is 7.00. The Labute approximate surface area is 338 Å². The van der Waals surface area contributed by atoms with Gasteiger partial charge in [-0.2, -0.15) is 10.5 Å². The monoisotopic (exact) mass is 755 g/mol. The molecule has 9 nitrogen and oxygen atoms in total. The van der Waals surface area contributed by atoms with E-state index in [1.165, 1.54) is 0 Å². The van der Waals surface area contributed by atoms with Crippen LogP contribution in [-0.4, -0.2) is 34.5 Å². The van der Waals surface area contributed by atoms with Crippen molar-refractivity contribution < 1.29 is 0 Å². The van der Waals surface area contributed by atoms with Gasteiger partial charge in [-0.1, -0.05) is 54.6 Å². The lowest BCUT2D eigenvalue weighted by atomic mass is 10.0. The zero-order valence-corrected chi connectivity index (χ0v) is 31.3. The number of nitriles is 2. The van der Waals surface area contributed by atoms with Crippen LogP contribution < -0.4 is 0 Å². The number of aromatic nitrogens is 7. The van der Waals surface area contributed by atoms with Gasteiger partial charge in [0.15, 0.2) is 11.6 Å². The molecule has 0 bridgehead atoms. The average molecular weight is 756 g/mol. The third kappa shape index (κ3) is 6.61. The zero-order chi connectivity index (χ0) is 39.7. The van der Waals surface area contributed by atoms with Gasteiger partial charge in [0.05, 0.1) is 57.1 Å². The second-order valence-electron chi connectivity index (χ2n) is 13.9. The van der Waals surface area contributed by atoms with E-state index in [9.17, 15) is 10.5 Å². The molecule has 5 aromatic heterocycles. The molecule has 0 aliphatic heterocycles. The SMILES string of the molecule is N#Cc1cccc(-c2nc(-c3ccncc3)cc(-c3ccc4c(c3)c3cc(-c5cc(-c6ccncc6)nc(-c6cccc(C#N)c6)n5)ccc3n4-c3ccccc3)n2)c1. The van der Waals surface area contributed by atoms with E-state index in [-0.39, 0.29) is 0 Å². The van der Waals surface area contributed by atoms with Crippen molar-refractivity contribution in [2.75, 3.05) is 0 Å². The Morgan fingerprint density at radius 2 is 0.814 bits per heavy atom. The van der Waals surface area contributed by atoms with E-state index >= 15 is 0 Å². The number of para-hydroxylation sites is 1. The summed E-state index contributed by atoms with van der Waals surface area (Å²) < 4.78 is 2.28. The maximum absolute atomic E-state index is 9.67. The summed E-state index contributed by atoms with van der Waals surface area (Å²) in [5.41, 5.74) is 12.3. The second-order valence-corrected chi connectivity index (χ2v) is 13.9. The molecular formula is C50H29N9. The number of benzene rings is 5. The number of nitrogens with zero attached hydrogens (tertiary/aromatic N) is 9. The first-order valence-corrected chi connectivity index (χ1v) is 18.9. The van der Waals surface area contributed by atoms with Crippen molar-refractivity contribution in [3.05, 3.63) is 188 Å². The maximum Gasteiger partial charge on any atom is 0.160 e. The highest BCUT2D eigenvalue weighted by Crippen LogP contribution is 2.38. The minimum atomic E-state index is 0.519. The normalized spacial score (nSPS) is 11.0. The van der Waals surface area contributed by atoms with Crippen LogP contribution in [-0.2, 0) is 0 Å². The van der Waals surface area contributed by atoms with Crippen LogP contribution in [0, 0.1) is 22.7 Å². The standard InChI is InChI=1S/C50H29N9/c51-30-32-6-4-8-38(24-32)49-55-43(34-16-20-53-21-17-34)28-45(57-49)36-12-14-47-41(26-36)42-27-37(13-15-48(42)59(47)40-10-2-1-3-11-40)46-29-44(35-18-22-54-23-19-35)56-50(58-46)39-9-5-7-33(25-39)31-52/h1-29H. The topological polar surface area (TPSA) is 130 Å². The lowest BCUT2D eigenvalue weighted by Crippen LogP contribution is -1.97. The molecule has 5 heterocycles. The van der Waals surface area contributed by atoms with Crippen LogP contribution >= 0.6 is 0 Å². The summed E-state index contributed by atoms with van der Waals surface area (Å²) >= 11 is 0. The summed E-state index contributed by atoms with van der Waals surface area (Å²) in [5, 5.41) is 21.4. The predicted octanol–water partition coefficient (Wildman–Crippen LogP) is 10.9. The summed E-state index contributed by atoms with van der Waals surface area (Å²) in [5.74, 6) is 1.04. The number of rotatable bonds is 7. The van der Waals surface area contributed by atoms with Crippen LogP contribution in [0.4, 0.5) is 0 Å². The Bertz CT molecular complexity index is 3090. The summed E-state index contributed by atoms with van der Waals surface area (Å²) in [6, 6.07) is 54.1. The highest BCUT2D eigenvalue weighted by molar-refractivity contribution is 6.11. The van der Waals surface area contributed by atoms with Gasteiger partial charge in [0.25, 0.3) is 0 Å². The maximum atomic E-state index is 9.67. The van der Waals surface area contributed by atoms with Gasteiger partial charge < -0.3 is 4.57 Å². The highest BCUT2D eigenvalue weighted by atomic mass is 15.0. The highest BCUT2D eigenvalue weighted by Gasteiger charge is 2.18. The van der Waals surface area contributed by atoms with E-state index < -0.39 is 0 Å². The second kappa shape index (κ2) is 14.8. The van der Waals surface area contributed by atoms with Crippen LogP contribution in [0.3, 0.4) is 0 Å².